The summed E-state index contributed by atoms with van der Waals surface area (Å²) >= 11 is 0. The number of benzene rings is 1. The van der Waals surface area contributed by atoms with Gasteiger partial charge in [0.2, 0.25) is 5.91 Å². The maximum atomic E-state index is 12.1. The Morgan fingerprint density at radius 2 is 1.87 bits per heavy atom. The summed E-state index contributed by atoms with van der Waals surface area (Å²) in [6, 6.07) is 6.12. The summed E-state index contributed by atoms with van der Waals surface area (Å²) in [4.78, 5) is 11.9. The van der Waals surface area contributed by atoms with E-state index in [0.717, 1.165) is 31.5 Å². The van der Waals surface area contributed by atoms with Gasteiger partial charge in [-0.05, 0) is 29.5 Å². The number of hydrogen-bond acceptors (Lipinski definition) is 4. The minimum Gasteiger partial charge on any atom is -0.351 e. The Bertz CT molecular complexity index is 670. The molecule has 5 nitrogen and oxygen atoms in total. The summed E-state index contributed by atoms with van der Waals surface area (Å²) in [5, 5.41) is 5.69. The molecule has 1 saturated carbocycles. The van der Waals surface area contributed by atoms with Crippen LogP contribution in [0.2, 0.25) is 0 Å². The van der Waals surface area contributed by atoms with Crippen LogP contribution < -0.4 is 10.6 Å². The second kappa shape index (κ2) is 7.64. The first-order valence-corrected chi connectivity index (χ1v) is 9.56. The quantitative estimate of drug-likeness (QED) is 0.839. The first kappa shape index (κ1) is 18.2. The average molecular weight is 359 g/mol. The molecule has 0 saturated heterocycles. The van der Waals surface area contributed by atoms with Crippen molar-refractivity contribution in [3.05, 3.63) is 34.9 Å². The van der Waals surface area contributed by atoms with Crippen molar-refractivity contribution < 1.29 is 13.2 Å². The van der Waals surface area contributed by atoms with Gasteiger partial charge in [-0.2, -0.15) is 0 Å². The van der Waals surface area contributed by atoms with Crippen molar-refractivity contribution in [3.8, 4) is 0 Å². The minimum atomic E-state index is -3.30. The highest BCUT2D eigenvalue weighted by atomic mass is 35.5. The molecule has 23 heavy (non-hydrogen) atoms. The molecular weight excluding hydrogens is 336 g/mol. The van der Waals surface area contributed by atoms with Gasteiger partial charge in [-0.25, -0.2) is 8.42 Å². The molecule has 0 spiro atoms. The van der Waals surface area contributed by atoms with Crippen molar-refractivity contribution in [2.24, 2.45) is 0 Å². The lowest BCUT2D eigenvalue weighted by Gasteiger charge is -2.11. The highest BCUT2D eigenvalue weighted by molar-refractivity contribution is 7.92. The molecule has 0 atom stereocenters. The van der Waals surface area contributed by atoms with Gasteiger partial charge in [-0.3, -0.25) is 4.79 Å². The van der Waals surface area contributed by atoms with E-state index in [4.69, 9.17) is 0 Å². The smallest absolute Gasteiger partial charge is 0.235 e. The van der Waals surface area contributed by atoms with E-state index in [1.165, 1.54) is 11.1 Å². The lowest BCUT2D eigenvalue weighted by Crippen LogP contribution is -2.33. The zero-order valence-corrected chi connectivity index (χ0v) is 14.6. The molecule has 2 aliphatic rings. The van der Waals surface area contributed by atoms with Crippen molar-refractivity contribution in [3.63, 3.8) is 0 Å². The van der Waals surface area contributed by atoms with Gasteiger partial charge >= 0.3 is 0 Å². The topological polar surface area (TPSA) is 75.3 Å². The van der Waals surface area contributed by atoms with Crippen LogP contribution >= 0.6 is 12.4 Å². The van der Waals surface area contributed by atoms with E-state index in [9.17, 15) is 13.2 Å². The highest BCUT2D eigenvalue weighted by Gasteiger charge is 2.30. The van der Waals surface area contributed by atoms with Crippen molar-refractivity contribution in [1.82, 2.24) is 10.6 Å². The molecule has 0 radical (unpaired) electrons. The van der Waals surface area contributed by atoms with Gasteiger partial charge in [0.05, 0.1) is 5.25 Å². The number of sulfone groups is 1. The molecule has 0 bridgehead atoms. The van der Waals surface area contributed by atoms with E-state index in [1.54, 1.807) is 0 Å². The molecule has 3 rings (SSSR count). The van der Waals surface area contributed by atoms with Crippen LogP contribution in [-0.2, 0) is 34.3 Å². The molecule has 128 valence electrons. The summed E-state index contributed by atoms with van der Waals surface area (Å²) in [5.74, 6) is -0.782. The Kier molecular flexibility index (Phi) is 6.06. The number of halogens is 1. The van der Waals surface area contributed by atoms with Gasteiger partial charge in [0.15, 0.2) is 9.84 Å². The van der Waals surface area contributed by atoms with Crippen molar-refractivity contribution in [1.29, 1.82) is 0 Å². The lowest BCUT2D eigenvalue weighted by atomic mass is 10.1. The Morgan fingerprint density at radius 1 is 1.17 bits per heavy atom. The van der Waals surface area contributed by atoms with Gasteiger partial charge in [-0.15, -0.1) is 12.4 Å². The third kappa shape index (κ3) is 4.46. The van der Waals surface area contributed by atoms with Crippen LogP contribution in [0.3, 0.4) is 0 Å². The average Bonchev–Trinajstić information content (AvgIpc) is 3.15. The highest BCUT2D eigenvalue weighted by Crippen LogP contribution is 2.25. The van der Waals surface area contributed by atoms with Crippen LogP contribution in [0.15, 0.2) is 18.2 Å². The summed E-state index contributed by atoms with van der Waals surface area (Å²) < 4.78 is 24.3. The van der Waals surface area contributed by atoms with E-state index >= 15 is 0 Å². The van der Waals surface area contributed by atoms with Gasteiger partial charge in [0, 0.05) is 19.6 Å². The summed E-state index contributed by atoms with van der Waals surface area (Å²) in [5.41, 5.74) is 3.55. The summed E-state index contributed by atoms with van der Waals surface area (Å²) in [6.45, 7) is 2.13. The van der Waals surface area contributed by atoms with Crippen LogP contribution in [0.1, 0.15) is 42.4 Å². The Hall–Kier alpha value is -1.11. The van der Waals surface area contributed by atoms with Crippen LogP contribution in [0.4, 0.5) is 0 Å². The molecule has 1 heterocycles. The van der Waals surface area contributed by atoms with E-state index < -0.39 is 15.7 Å². The van der Waals surface area contributed by atoms with Crippen LogP contribution in [0, 0.1) is 0 Å². The molecule has 1 fully saturated rings. The van der Waals surface area contributed by atoms with Crippen LogP contribution in [0.25, 0.3) is 0 Å². The number of fused-ring (bicyclic) bond motifs is 1. The normalized spacial score (nSPS) is 17.6. The zero-order valence-electron chi connectivity index (χ0n) is 13.0. The fourth-order valence-corrected chi connectivity index (χ4v) is 5.01. The molecular formula is C16H23ClN2O3S. The standard InChI is InChI=1S/C16H22N2O3S.ClH/c19-16(11-22(20,21)15-3-1-2-4-15)18-8-12-5-6-13-9-17-10-14(13)7-12;/h5-7,15,17H,1-4,8-11H2,(H,18,19);1H. The van der Waals surface area contributed by atoms with E-state index in [1.807, 2.05) is 6.07 Å². The molecule has 2 N–H and O–H groups in total. The number of hydrogen-bond donors (Lipinski definition) is 2. The van der Waals surface area contributed by atoms with Crippen molar-refractivity contribution in [2.75, 3.05) is 5.75 Å². The van der Waals surface area contributed by atoms with Crippen LogP contribution in [-0.4, -0.2) is 25.3 Å². The summed E-state index contributed by atoms with van der Waals surface area (Å²) in [7, 11) is -3.30. The molecule has 1 amide bonds. The predicted octanol–water partition coefficient (Wildman–Crippen LogP) is 1.69. The number of rotatable bonds is 5. The first-order valence-electron chi connectivity index (χ1n) is 7.84. The molecule has 1 aliphatic heterocycles. The number of nitrogens with one attached hydrogen (secondary N) is 2. The van der Waals surface area contributed by atoms with E-state index in [0.29, 0.717) is 19.4 Å². The zero-order chi connectivity index (χ0) is 15.6. The molecule has 1 aliphatic carbocycles. The van der Waals surface area contributed by atoms with Gasteiger partial charge < -0.3 is 10.6 Å². The lowest BCUT2D eigenvalue weighted by molar-refractivity contribution is -0.118. The molecule has 0 unspecified atom stereocenters. The van der Waals surface area contributed by atoms with Gasteiger partial charge in [-0.1, -0.05) is 31.0 Å². The van der Waals surface area contributed by atoms with Crippen molar-refractivity contribution in [2.45, 2.75) is 50.6 Å². The fraction of sp³-hybridized carbons (Fsp3) is 0.562. The third-order valence-electron chi connectivity index (χ3n) is 4.53. The largest absolute Gasteiger partial charge is 0.351 e. The Labute approximate surface area is 143 Å². The third-order valence-corrected chi connectivity index (χ3v) is 6.69. The molecule has 0 aromatic heterocycles. The molecule has 7 heteroatoms. The fourth-order valence-electron chi connectivity index (χ4n) is 3.26. The number of carbonyl (C=O) groups excluding carboxylic acids is 1. The Morgan fingerprint density at radius 3 is 2.61 bits per heavy atom. The molecule has 1 aromatic rings. The van der Waals surface area contributed by atoms with Crippen molar-refractivity contribution >= 4 is 28.2 Å². The molecule has 1 aromatic carbocycles. The SMILES string of the molecule is Cl.O=C(CS(=O)(=O)C1CCCC1)NCc1ccc2c(c1)CNC2. The van der Waals surface area contributed by atoms with E-state index in [-0.39, 0.29) is 23.4 Å². The van der Waals surface area contributed by atoms with E-state index in [2.05, 4.69) is 22.8 Å². The Balaban J connectivity index is 0.00000192. The monoisotopic (exact) mass is 358 g/mol. The maximum Gasteiger partial charge on any atom is 0.235 e. The van der Waals surface area contributed by atoms with Crippen LogP contribution in [0.5, 0.6) is 0 Å². The van der Waals surface area contributed by atoms with Gasteiger partial charge in [0.1, 0.15) is 5.75 Å². The summed E-state index contributed by atoms with van der Waals surface area (Å²) in [6.07, 6.45) is 3.31. The van der Waals surface area contributed by atoms with Gasteiger partial charge in [0.25, 0.3) is 0 Å². The second-order valence-electron chi connectivity index (χ2n) is 6.20. The number of amides is 1. The predicted molar refractivity (Wildman–Crippen MR) is 92.1 cm³/mol. The number of carbonyl (C=O) groups is 1. The first-order chi connectivity index (χ1) is 10.5. The minimum absolute atomic E-state index is 0. The second-order valence-corrected chi connectivity index (χ2v) is 8.48. The maximum absolute atomic E-state index is 12.1.